The number of sulfonamides is 1. The number of ether oxygens (including phenoxy) is 1. The van der Waals surface area contributed by atoms with Crippen LogP contribution >= 0.6 is 11.6 Å². The van der Waals surface area contributed by atoms with Crippen LogP contribution in [0.1, 0.15) is 30.5 Å². The van der Waals surface area contributed by atoms with Crippen molar-refractivity contribution in [2.75, 3.05) is 7.11 Å². The molecular formula is C17H20ClNO3S. The quantitative estimate of drug-likeness (QED) is 0.851. The third-order valence-corrected chi connectivity index (χ3v) is 5.38. The summed E-state index contributed by atoms with van der Waals surface area (Å²) in [5.74, 6) is 0.441. The highest BCUT2D eigenvalue weighted by molar-refractivity contribution is 7.89. The molecule has 0 saturated carbocycles. The van der Waals surface area contributed by atoms with Crippen LogP contribution in [0.15, 0.2) is 47.4 Å². The molecule has 6 heteroatoms. The summed E-state index contributed by atoms with van der Waals surface area (Å²) in [6.45, 7) is 3.93. The fraction of sp³-hybridized carbons (Fsp3) is 0.294. The summed E-state index contributed by atoms with van der Waals surface area (Å²) in [6, 6.07) is 11.9. The van der Waals surface area contributed by atoms with Crippen molar-refractivity contribution in [1.29, 1.82) is 0 Å². The van der Waals surface area contributed by atoms with E-state index in [1.165, 1.54) is 19.2 Å². The summed E-state index contributed by atoms with van der Waals surface area (Å²) < 4.78 is 32.9. The van der Waals surface area contributed by atoms with E-state index in [0.717, 1.165) is 11.1 Å². The zero-order valence-corrected chi connectivity index (χ0v) is 14.9. The van der Waals surface area contributed by atoms with Crippen molar-refractivity contribution in [2.24, 2.45) is 0 Å². The van der Waals surface area contributed by atoms with E-state index in [1.807, 2.05) is 38.1 Å². The average molecular weight is 354 g/mol. The van der Waals surface area contributed by atoms with Gasteiger partial charge in [0.05, 0.1) is 17.0 Å². The monoisotopic (exact) mass is 353 g/mol. The fourth-order valence-electron chi connectivity index (χ4n) is 2.26. The van der Waals surface area contributed by atoms with E-state index in [1.54, 1.807) is 6.07 Å². The van der Waals surface area contributed by atoms with Crippen molar-refractivity contribution in [3.8, 4) is 5.75 Å². The zero-order chi connectivity index (χ0) is 17.0. The van der Waals surface area contributed by atoms with Gasteiger partial charge in [0.1, 0.15) is 5.75 Å². The Morgan fingerprint density at radius 1 is 1.17 bits per heavy atom. The Morgan fingerprint density at radius 3 is 2.35 bits per heavy atom. The third-order valence-electron chi connectivity index (χ3n) is 3.62. The largest absolute Gasteiger partial charge is 0.495 e. The lowest BCUT2D eigenvalue weighted by Crippen LogP contribution is -2.28. The molecule has 0 heterocycles. The first-order chi connectivity index (χ1) is 10.9. The highest BCUT2D eigenvalue weighted by atomic mass is 35.5. The highest BCUT2D eigenvalue weighted by Crippen LogP contribution is 2.28. The number of halogens is 1. The molecule has 23 heavy (non-hydrogen) atoms. The summed E-state index contributed by atoms with van der Waals surface area (Å²) in [5.41, 5.74) is 2.06. The van der Waals surface area contributed by atoms with Gasteiger partial charge in [-0.15, -0.1) is 0 Å². The van der Waals surface area contributed by atoms with E-state index in [0.29, 0.717) is 12.2 Å². The minimum Gasteiger partial charge on any atom is -0.495 e. The summed E-state index contributed by atoms with van der Waals surface area (Å²) in [7, 11) is -2.18. The molecule has 0 aromatic heterocycles. The van der Waals surface area contributed by atoms with Gasteiger partial charge in [-0.1, -0.05) is 48.4 Å². The van der Waals surface area contributed by atoms with E-state index >= 15 is 0 Å². The summed E-state index contributed by atoms with van der Waals surface area (Å²) in [6.07, 6.45) is 0.645. The van der Waals surface area contributed by atoms with Crippen molar-refractivity contribution >= 4 is 21.6 Å². The summed E-state index contributed by atoms with van der Waals surface area (Å²) >= 11 is 6.02. The van der Waals surface area contributed by atoms with Crippen LogP contribution < -0.4 is 9.46 Å². The molecule has 1 N–H and O–H groups in total. The van der Waals surface area contributed by atoms with Crippen LogP contribution in [0, 0.1) is 6.92 Å². The lowest BCUT2D eigenvalue weighted by Gasteiger charge is -2.18. The number of methoxy groups -OCH3 is 1. The molecule has 0 saturated heterocycles. The minimum absolute atomic E-state index is 0.119. The molecule has 1 atom stereocenters. The van der Waals surface area contributed by atoms with Gasteiger partial charge in [-0.3, -0.25) is 0 Å². The van der Waals surface area contributed by atoms with Crippen LogP contribution in [0.3, 0.4) is 0 Å². The van der Waals surface area contributed by atoms with Gasteiger partial charge in [0.25, 0.3) is 0 Å². The van der Waals surface area contributed by atoms with Crippen LogP contribution in [0.2, 0.25) is 5.02 Å². The van der Waals surface area contributed by atoms with E-state index < -0.39 is 10.0 Å². The SMILES string of the molecule is CC[C@H](NS(=O)(=O)c1ccc(OC)c(Cl)c1)c1ccc(C)cc1. The first-order valence-corrected chi connectivity index (χ1v) is 9.16. The normalized spacial score (nSPS) is 12.9. The molecule has 0 radical (unpaired) electrons. The second-order valence-electron chi connectivity index (χ2n) is 5.29. The summed E-state index contributed by atoms with van der Waals surface area (Å²) in [4.78, 5) is 0.119. The topological polar surface area (TPSA) is 55.4 Å². The number of rotatable bonds is 6. The van der Waals surface area contributed by atoms with Crippen molar-refractivity contribution in [3.05, 3.63) is 58.6 Å². The predicted molar refractivity (Wildman–Crippen MR) is 92.5 cm³/mol. The van der Waals surface area contributed by atoms with Gasteiger partial charge in [-0.25, -0.2) is 13.1 Å². The van der Waals surface area contributed by atoms with Crippen LogP contribution in [0.25, 0.3) is 0 Å². The zero-order valence-electron chi connectivity index (χ0n) is 13.3. The molecule has 0 fully saturated rings. The maximum absolute atomic E-state index is 12.6. The Hall–Kier alpha value is -1.56. The van der Waals surface area contributed by atoms with Crippen LogP contribution in [-0.2, 0) is 10.0 Å². The standard InChI is InChI=1S/C17H20ClNO3S/c1-4-16(13-7-5-12(2)6-8-13)19-23(20,21)14-9-10-17(22-3)15(18)11-14/h5-11,16,19H,4H2,1-3H3/t16-/m0/s1. The molecule has 0 spiro atoms. The average Bonchev–Trinajstić information content (AvgIpc) is 2.53. The number of benzene rings is 2. The maximum Gasteiger partial charge on any atom is 0.241 e. The molecule has 2 rings (SSSR count). The molecule has 0 aliphatic heterocycles. The van der Waals surface area contributed by atoms with Crippen LogP contribution in [-0.4, -0.2) is 15.5 Å². The van der Waals surface area contributed by atoms with E-state index in [2.05, 4.69) is 4.72 Å². The lowest BCUT2D eigenvalue weighted by atomic mass is 10.0. The molecule has 2 aromatic carbocycles. The Balaban J connectivity index is 2.28. The summed E-state index contributed by atoms with van der Waals surface area (Å²) in [5, 5.41) is 0.263. The Kier molecular flexibility index (Phi) is 5.68. The number of nitrogens with one attached hydrogen (secondary N) is 1. The second-order valence-corrected chi connectivity index (χ2v) is 7.41. The third kappa shape index (κ3) is 4.25. The van der Waals surface area contributed by atoms with Crippen LogP contribution in [0.5, 0.6) is 5.75 Å². The van der Waals surface area contributed by atoms with E-state index in [4.69, 9.17) is 16.3 Å². The lowest BCUT2D eigenvalue weighted by molar-refractivity contribution is 0.414. The Morgan fingerprint density at radius 2 is 1.83 bits per heavy atom. The molecule has 124 valence electrons. The number of hydrogen-bond acceptors (Lipinski definition) is 3. The molecule has 0 amide bonds. The van der Waals surface area contributed by atoms with E-state index in [-0.39, 0.29) is 16.0 Å². The van der Waals surface area contributed by atoms with Gasteiger partial charge in [0.15, 0.2) is 0 Å². The molecule has 0 aliphatic carbocycles. The first-order valence-electron chi connectivity index (χ1n) is 7.30. The molecular weight excluding hydrogens is 334 g/mol. The smallest absolute Gasteiger partial charge is 0.241 e. The van der Waals surface area contributed by atoms with Crippen molar-refractivity contribution in [3.63, 3.8) is 0 Å². The highest BCUT2D eigenvalue weighted by Gasteiger charge is 2.21. The fourth-order valence-corrected chi connectivity index (χ4v) is 3.91. The number of aryl methyl sites for hydroxylation is 1. The minimum atomic E-state index is -3.67. The van der Waals surface area contributed by atoms with Gasteiger partial charge in [0.2, 0.25) is 10.0 Å². The van der Waals surface area contributed by atoms with Crippen molar-refractivity contribution in [1.82, 2.24) is 4.72 Å². The predicted octanol–water partition coefficient (Wildman–Crippen LogP) is 4.09. The van der Waals surface area contributed by atoms with Gasteiger partial charge in [0, 0.05) is 6.04 Å². The van der Waals surface area contributed by atoms with Gasteiger partial charge in [-0.2, -0.15) is 0 Å². The van der Waals surface area contributed by atoms with Gasteiger partial charge in [-0.05, 0) is 37.1 Å². The van der Waals surface area contributed by atoms with Gasteiger partial charge >= 0.3 is 0 Å². The maximum atomic E-state index is 12.6. The van der Waals surface area contributed by atoms with Crippen molar-refractivity contribution < 1.29 is 13.2 Å². The van der Waals surface area contributed by atoms with Crippen molar-refractivity contribution in [2.45, 2.75) is 31.2 Å². The number of hydrogen-bond donors (Lipinski definition) is 1. The molecule has 4 nitrogen and oxygen atoms in total. The molecule has 0 unspecified atom stereocenters. The van der Waals surface area contributed by atoms with Crippen LogP contribution in [0.4, 0.5) is 0 Å². The second kappa shape index (κ2) is 7.34. The molecule has 0 bridgehead atoms. The Labute approximate surface area is 142 Å². The molecule has 0 aliphatic rings. The Bertz CT molecular complexity index is 773. The molecule has 2 aromatic rings. The first kappa shape index (κ1) is 17.8. The van der Waals surface area contributed by atoms with E-state index in [9.17, 15) is 8.42 Å². The van der Waals surface area contributed by atoms with Gasteiger partial charge < -0.3 is 4.74 Å².